The van der Waals surface area contributed by atoms with Crippen LogP contribution in [0.5, 0.6) is 0 Å². The number of nitrogens with zero attached hydrogens (tertiary/aromatic N) is 3. The Balaban J connectivity index is 2.08. The van der Waals surface area contributed by atoms with Crippen molar-refractivity contribution in [1.29, 1.82) is 0 Å². The number of benzene rings is 1. The van der Waals surface area contributed by atoms with Crippen molar-refractivity contribution in [2.45, 2.75) is 19.9 Å². The molecule has 0 aliphatic rings. The maximum absolute atomic E-state index is 5.81. The highest BCUT2D eigenvalue weighted by Crippen LogP contribution is 2.08. The van der Waals surface area contributed by atoms with Crippen molar-refractivity contribution < 1.29 is 0 Å². The molecule has 5 nitrogen and oxygen atoms in total. The summed E-state index contributed by atoms with van der Waals surface area (Å²) in [5.41, 5.74) is 6.97. The molecule has 17 heavy (non-hydrogen) atoms. The number of rotatable bonds is 5. The first-order chi connectivity index (χ1) is 8.29. The molecule has 0 bridgehead atoms. The molecule has 0 aliphatic heterocycles. The zero-order chi connectivity index (χ0) is 12.1. The van der Waals surface area contributed by atoms with Crippen LogP contribution in [0.1, 0.15) is 18.9 Å². The minimum absolute atomic E-state index is 0.437. The lowest BCUT2D eigenvalue weighted by Crippen LogP contribution is -2.06. The molecule has 2 rings (SSSR count). The standard InChI is InChI=1S/C12H17N5/c1-2-8-14-12-15-11(13)17(16-12)9-10-6-4-3-5-7-10/h3-7H,2,8-9H2,1H3,(H3,13,14,15,16). The van der Waals surface area contributed by atoms with Crippen molar-refractivity contribution in [1.82, 2.24) is 14.8 Å². The molecule has 0 spiro atoms. The van der Waals surface area contributed by atoms with E-state index in [1.807, 2.05) is 30.3 Å². The first-order valence-electron chi connectivity index (χ1n) is 5.77. The second kappa shape index (κ2) is 5.34. The largest absolute Gasteiger partial charge is 0.368 e. The van der Waals surface area contributed by atoms with Crippen molar-refractivity contribution in [3.05, 3.63) is 35.9 Å². The van der Waals surface area contributed by atoms with Crippen LogP contribution in [0.3, 0.4) is 0 Å². The number of hydrogen-bond donors (Lipinski definition) is 2. The summed E-state index contributed by atoms with van der Waals surface area (Å²) in [5, 5.41) is 7.43. The van der Waals surface area contributed by atoms with Crippen molar-refractivity contribution in [2.24, 2.45) is 0 Å². The maximum Gasteiger partial charge on any atom is 0.243 e. The summed E-state index contributed by atoms with van der Waals surface area (Å²) < 4.78 is 1.70. The number of nitrogen functional groups attached to an aromatic ring is 1. The fraction of sp³-hybridized carbons (Fsp3) is 0.333. The minimum atomic E-state index is 0.437. The van der Waals surface area contributed by atoms with Crippen molar-refractivity contribution in [2.75, 3.05) is 17.6 Å². The second-order valence-corrected chi connectivity index (χ2v) is 3.86. The van der Waals surface area contributed by atoms with Gasteiger partial charge in [0.1, 0.15) is 0 Å². The van der Waals surface area contributed by atoms with Gasteiger partial charge in [0.2, 0.25) is 11.9 Å². The van der Waals surface area contributed by atoms with Crippen LogP contribution >= 0.6 is 0 Å². The maximum atomic E-state index is 5.81. The van der Waals surface area contributed by atoms with Crippen LogP contribution in [0.25, 0.3) is 0 Å². The number of anilines is 2. The van der Waals surface area contributed by atoms with E-state index in [-0.39, 0.29) is 0 Å². The minimum Gasteiger partial charge on any atom is -0.368 e. The topological polar surface area (TPSA) is 68.8 Å². The predicted octanol–water partition coefficient (Wildman–Crippen LogP) is 1.73. The van der Waals surface area contributed by atoms with Gasteiger partial charge in [0.15, 0.2) is 0 Å². The second-order valence-electron chi connectivity index (χ2n) is 3.86. The Bertz CT molecular complexity index is 463. The molecule has 1 aromatic heterocycles. The molecule has 0 radical (unpaired) electrons. The molecule has 0 aliphatic carbocycles. The lowest BCUT2D eigenvalue weighted by Gasteiger charge is -2.02. The van der Waals surface area contributed by atoms with Gasteiger partial charge in [-0.1, -0.05) is 37.3 Å². The molecular formula is C12H17N5. The molecule has 1 aromatic carbocycles. The third kappa shape index (κ3) is 2.96. The molecule has 5 heteroatoms. The predicted molar refractivity (Wildman–Crippen MR) is 68.8 cm³/mol. The van der Waals surface area contributed by atoms with Crippen LogP contribution in [0.4, 0.5) is 11.9 Å². The zero-order valence-electron chi connectivity index (χ0n) is 9.93. The normalized spacial score (nSPS) is 10.4. The monoisotopic (exact) mass is 231 g/mol. The van der Waals surface area contributed by atoms with Crippen LogP contribution in [0, 0.1) is 0 Å². The van der Waals surface area contributed by atoms with Crippen molar-refractivity contribution in [3.63, 3.8) is 0 Å². The van der Waals surface area contributed by atoms with E-state index in [0.717, 1.165) is 18.5 Å². The Kier molecular flexibility index (Phi) is 3.59. The molecule has 0 amide bonds. The van der Waals surface area contributed by atoms with E-state index >= 15 is 0 Å². The highest BCUT2D eigenvalue weighted by molar-refractivity contribution is 5.32. The van der Waals surface area contributed by atoms with Gasteiger partial charge in [0.05, 0.1) is 6.54 Å². The van der Waals surface area contributed by atoms with Crippen LogP contribution in [-0.4, -0.2) is 21.3 Å². The summed E-state index contributed by atoms with van der Waals surface area (Å²) in [6, 6.07) is 10.1. The van der Waals surface area contributed by atoms with E-state index < -0.39 is 0 Å². The average molecular weight is 231 g/mol. The van der Waals surface area contributed by atoms with Gasteiger partial charge in [-0.15, -0.1) is 5.10 Å². The van der Waals surface area contributed by atoms with E-state index in [1.165, 1.54) is 0 Å². The number of aromatic nitrogens is 3. The molecule has 90 valence electrons. The van der Waals surface area contributed by atoms with Crippen molar-refractivity contribution >= 4 is 11.9 Å². The van der Waals surface area contributed by atoms with E-state index in [2.05, 4.69) is 22.3 Å². The first kappa shape index (κ1) is 11.4. The Morgan fingerprint density at radius 1 is 1.29 bits per heavy atom. The van der Waals surface area contributed by atoms with Gasteiger partial charge in [0, 0.05) is 6.54 Å². The Morgan fingerprint density at radius 3 is 2.76 bits per heavy atom. The van der Waals surface area contributed by atoms with Gasteiger partial charge in [-0.25, -0.2) is 4.68 Å². The summed E-state index contributed by atoms with van der Waals surface area (Å²) in [5.74, 6) is 1.03. The highest BCUT2D eigenvalue weighted by atomic mass is 15.4. The lowest BCUT2D eigenvalue weighted by molar-refractivity contribution is 0.697. The molecule has 1 heterocycles. The number of hydrogen-bond acceptors (Lipinski definition) is 4. The molecular weight excluding hydrogens is 214 g/mol. The quantitative estimate of drug-likeness (QED) is 0.822. The summed E-state index contributed by atoms with van der Waals surface area (Å²) >= 11 is 0. The van der Waals surface area contributed by atoms with Gasteiger partial charge in [-0.2, -0.15) is 4.98 Å². The third-order valence-corrected chi connectivity index (χ3v) is 2.41. The summed E-state index contributed by atoms with van der Waals surface area (Å²) in [6.07, 6.45) is 1.03. The molecule has 0 atom stereocenters. The Morgan fingerprint density at radius 2 is 2.06 bits per heavy atom. The Hall–Kier alpha value is -2.04. The Labute approximate surface area is 101 Å². The van der Waals surface area contributed by atoms with Crippen LogP contribution in [0.15, 0.2) is 30.3 Å². The molecule has 0 saturated heterocycles. The zero-order valence-corrected chi connectivity index (χ0v) is 9.93. The molecule has 2 aromatic rings. The fourth-order valence-corrected chi connectivity index (χ4v) is 1.54. The molecule has 0 saturated carbocycles. The van der Waals surface area contributed by atoms with E-state index in [1.54, 1.807) is 4.68 Å². The van der Waals surface area contributed by atoms with Crippen LogP contribution in [0.2, 0.25) is 0 Å². The number of nitrogens with two attached hydrogens (primary N) is 1. The summed E-state index contributed by atoms with van der Waals surface area (Å²) in [7, 11) is 0. The van der Waals surface area contributed by atoms with Crippen LogP contribution in [-0.2, 0) is 6.54 Å². The van der Waals surface area contributed by atoms with E-state index in [9.17, 15) is 0 Å². The average Bonchev–Trinajstić information content (AvgIpc) is 2.69. The van der Waals surface area contributed by atoms with Gasteiger partial charge in [0.25, 0.3) is 0 Å². The van der Waals surface area contributed by atoms with Gasteiger partial charge in [-0.3, -0.25) is 0 Å². The van der Waals surface area contributed by atoms with Gasteiger partial charge < -0.3 is 11.1 Å². The third-order valence-electron chi connectivity index (χ3n) is 2.41. The van der Waals surface area contributed by atoms with E-state index in [0.29, 0.717) is 18.4 Å². The first-order valence-corrected chi connectivity index (χ1v) is 5.77. The molecule has 0 fully saturated rings. The smallest absolute Gasteiger partial charge is 0.243 e. The summed E-state index contributed by atoms with van der Waals surface area (Å²) in [6.45, 7) is 3.60. The van der Waals surface area contributed by atoms with E-state index in [4.69, 9.17) is 5.73 Å². The number of nitrogens with one attached hydrogen (secondary N) is 1. The fourth-order valence-electron chi connectivity index (χ4n) is 1.54. The lowest BCUT2D eigenvalue weighted by atomic mass is 10.2. The summed E-state index contributed by atoms with van der Waals surface area (Å²) in [4.78, 5) is 4.16. The van der Waals surface area contributed by atoms with Gasteiger partial charge in [-0.05, 0) is 12.0 Å². The molecule has 3 N–H and O–H groups in total. The molecule has 0 unspecified atom stereocenters. The SMILES string of the molecule is CCCNc1nc(N)n(Cc2ccccc2)n1. The van der Waals surface area contributed by atoms with Crippen LogP contribution < -0.4 is 11.1 Å². The van der Waals surface area contributed by atoms with Gasteiger partial charge >= 0.3 is 0 Å². The van der Waals surface area contributed by atoms with Crippen molar-refractivity contribution in [3.8, 4) is 0 Å². The highest BCUT2D eigenvalue weighted by Gasteiger charge is 2.06.